The van der Waals surface area contributed by atoms with Gasteiger partial charge in [0.15, 0.2) is 5.82 Å². The van der Waals surface area contributed by atoms with Crippen LogP contribution in [0, 0.1) is 0 Å². The third-order valence-electron chi connectivity index (χ3n) is 15.7. The Morgan fingerprint density at radius 1 is 0.203 bits per heavy atom. The lowest BCUT2D eigenvalue weighted by molar-refractivity contribution is 0.770. The summed E-state index contributed by atoms with van der Waals surface area (Å²) in [6.45, 7) is 0. The molecule has 1 aliphatic carbocycles. The van der Waals surface area contributed by atoms with Crippen LogP contribution < -0.4 is 0 Å². The predicted molar refractivity (Wildman–Crippen MR) is 326 cm³/mol. The van der Waals surface area contributed by atoms with Crippen LogP contribution in [-0.4, -0.2) is 15.0 Å². The zero-order valence-electron chi connectivity index (χ0n) is 43.3. The van der Waals surface area contributed by atoms with E-state index in [0.29, 0.717) is 5.82 Å². The molecule has 13 aromatic rings. The Morgan fingerprint density at radius 3 is 0.886 bits per heavy atom. The van der Waals surface area contributed by atoms with Crippen molar-refractivity contribution in [1.82, 2.24) is 15.0 Å². The first kappa shape index (κ1) is 47.1. The molecule has 0 spiro atoms. The van der Waals surface area contributed by atoms with E-state index in [0.717, 1.165) is 89.0 Å². The van der Waals surface area contributed by atoms with E-state index >= 15 is 0 Å². The maximum absolute atomic E-state index is 4.74. The summed E-state index contributed by atoms with van der Waals surface area (Å²) in [5.74, 6) is 0.623. The van der Waals surface area contributed by atoms with Gasteiger partial charge in [-0.3, -0.25) is 0 Å². The molecule has 0 N–H and O–H groups in total. The van der Waals surface area contributed by atoms with Crippen LogP contribution >= 0.6 is 0 Å². The van der Waals surface area contributed by atoms with Crippen LogP contribution in [0.4, 0.5) is 0 Å². The number of hydrogen-bond donors (Lipinski definition) is 0. The minimum Gasteiger partial charge on any atom is -0.225 e. The molecule has 79 heavy (non-hydrogen) atoms. The molecule has 0 aliphatic heterocycles. The van der Waals surface area contributed by atoms with Gasteiger partial charge in [-0.2, -0.15) is 0 Å². The van der Waals surface area contributed by atoms with Crippen LogP contribution in [0.25, 0.3) is 112 Å². The van der Waals surface area contributed by atoms with E-state index in [9.17, 15) is 0 Å². The Morgan fingerprint density at radius 2 is 0.506 bits per heavy atom. The van der Waals surface area contributed by atoms with Crippen LogP contribution in [-0.2, 0) is 5.41 Å². The summed E-state index contributed by atoms with van der Waals surface area (Å²) in [6.07, 6.45) is 3.17. The Balaban J connectivity index is 1.10. The first-order valence-electron chi connectivity index (χ1n) is 26.9. The topological polar surface area (TPSA) is 38.7 Å². The molecule has 14 rings (SSSR count). The fourth-order valence-electron chi connectivity index (χ4n) is 12.0. The molecule has 1 aromatic heterocycles. The van der Waals surface area contributed by atoms with Gasteiger partial charge >= 0.3 is 0 Å². The van der Waals surface area contributed by atoms with Gasteiger partial charge in [0.05, 0.1) is 5.41 Å². The maximum atomic E-state index is 4.74. The second-order valence-corrected chi connectivity index (χ2v) is 20.4. The van der Waals surface area contributed by atoms with E-state index in [1.165, 1.54) is 38.9 Å². The SMILES string of the molecule is c1ccc(-c2cccc(-c3cc(-c4cccc(-c5ccccc5)c4)cc(C4(c5cc(-c6cccc(-c7ccccc7)c6)cc(-c6cccc(-c7ccccc7)c6)c5)c5ccccc5-c5ccc(-c6ncncn6)cc54)c3)c2)cc1. The molecule has 0 radical (unpaired) electrons. The number of hydrogen-bond acceptors (Lipinski definition) is 3. The molecule has 12 aromatic carbocycles. The van der Waals surface area contributed by atoms with Crippen molar-refractivity contribution in [3.63, 3.8) is 0 Å². The highest BCUT2D eigenvalue weighted by Crippen LogP contribution is 2.58. The molecule has 3 heteroatoms. The van der Waals surface area contributed by atoms with Crippen molar-refractivity contribution < 1.29 is 0 Å². The van der Waals surface area contributed by atoms with Crippen LogP contribution in [0.5, 0.6) is 0 Å². The van der Waals surface area contributed by atoms with E-state index in [4.69, 9.17) is 9.97 Å². The summed E-state index contributed by atoms with van der Waals surface area (Å²) in [6, 6.07) is 109. The zero-order valence-corrected chi connectivity index (χ0v) is 43.3. The monoisotopic (exact) mass is 1010 g/mol. The van der Waals surface area contributed by atoms with Crippen molar-refractivity contribution in [2.45, 2.75) is 5.41 Å². The summed E-state index contributed by atoms with van der Waals surface area (Å²) in [4.78, 5) is 13.7. The Hall–Kier alpha value is -10.4. The van der Waals surface area contributed by atoms with Crippen molar-refractivity contribution >= 4 is 0 Å². The summed E-state index contributed by atoms with van der Waals surface area (Å²) in [5.41, 5.74) is 25.4. The van der Waals surface area contributed by atoms with E-state index in [2.05, 4.69) is 302 Å². The van der Waals surface area contributed by atoms with E-state index < -0.39 is 5.41 Å². The van der Waals surface area contributed by atoms with Crippen molar-refractivity contribution in [1.29, 1.82) is 0 Å². The average Bonchev–Trinajstić information content (AvgIpc) is 4.11. The molecular formula is C76H51N3. The predicted octanol–water partition coefficient (Wildman–Crippen LogP) is 19.2. The third-order valence-corrected chi connectivity index (χ3v) is 15.7. The molecule has 1 aliphatic rings. The lowest BCUT2D eigenvalue weighted by atomic mass is 9.66. The molecule has 0 atom stereocenters. The van der Waals surface area contributed by atoms with Gasteiger partial charge in [0.2, 0.25) is 0 Å². The summed E-state index contributed by atoms with van der Waals surface area (Å²) < 4.78 is 0. The molecule has 0 fully saturated rings. The highest BCUT2D eigenvalue weighted by Gasteiger charge is 2.47. The van der Waals surface area contributed by atoms with Crippen LogP contribution in [0.3, 0.4) is 0 Å². The van der Waals surface area contributed by atoms with Crippen LogP contribution in [0.2, 0.25) is 0 Å². The molecule has 0 saturated carbocycles. The van der Waals surface area contributed by atoms with Gasteiger partial charge in [0, 0.05) is 5.56 Å². The van der Waals surface area contributed by atoms with E-state index in [1.54, 1.807) is 12.7 Å². The second-order valence-electron chi connectivity index (χ2n) is 20.4. The number of nitrogens with zero attached hydrogens (tertiary/aromatic N) is 3. The van der Waals surface area contributed by atoms with Gasteiger partial charge in [-0.1, -0.05) is 231 Å². The summed E-state index contributed by atoms with van der Waals surface area (Å²) >= 11 is 0. The van der Waals surface area contributed by atoms with E-state index in [1.807, 2.05) is 0 Å². The van der Waals surface area contributed by atoms with Gasteiger partial charge in [0.25, 0.3) is 0 Å². The van der Waals surface area contributed by atoms with Gasteiger partial charge in [-0.25, -0.2) is 15.0 Å². The summed E-state index contributed by atoms with van der Waals surface area (Å²) in [5, 5.41) is 0. The standard InChI is InChI=1S/C76H51N3/c1-5-19-52(20-6-1)56-27-15-31-60(39-56)65-43-66(61-32-16-28-57(40-61)53-21-7-2-8-22-53)46-69(45-65)76(73-36-14-13-35-71(73)72-38-37-64(49-74(72)76)75-78-50-77-51-79-75)70-47-67(62-33-17-29-58(41-62)54-23-9-3-10-24-54)44-68(48-70)63-34-18-30-59(42-63)55-25-11-4-12-26-55/h1-51H. The van der Waals surface area contributed by atoms with Crippen molar-refractivity contribution in [2.75, 3.05) is 0 Å². The molecule has 0 amide bonds. The number of benzene rings is 12. The van der Waals surface area contributed by atoms with Crippen LogP contribution in [0.1, 0.15) is 22.3 Å². The Kier molecular flexibility index (Phi) is 12.1. The Labute approximate surface area is 461 Å². The number of fused-ring (bicyclic) bond motifs is 3. The smallest absolute Gasteiger partial charge is 0.162 e. The van der Waals surface area contributed by atoms with Crippen molar-refractivity contribution in [3.8, 4) is 112 Å². The lowest BCUT2D eigenvalue weighted by Crippen LogP contribution is -2.29. The van der Waals surface area contributed by atoms with Crippen LogP contribution in [0.15, 0.2) is 310 Å². The Bertz CT molecular complexity index is 3930. The van der Waals surface area contributed by atoms with Gasteiger partial charge in [-0.05, 0) is 189 Å². The van der Waals surface area contributed by atoms with Crippen molar-refractivity contribution in [3.05, 3.63) is 332 Å². The van der Waals surface area contributed by atoms with Gasteiger partial charge in [-0.15, -0.1) is 0 Å². The molecule has 370 valence electrons. The molecule has 1 heterocycles. The molecule has 0 unspecified atom stereocenters. The molecule has 0 saturated heterocycles. The van der Waals surface area contributed by atoms with E-state index in [-0.39, 0.29) is 0 Å². The average molecular weight is 1010 g/mol. The second kappa shape index (κ2) is 20.3. The largest absolute Gasteiger partial charge is 0.225 e. The lowest BCUT2D eigenvalue weighted by Gasteiger charge is -2.36. The first-order valence-corrected chi connectivity index (χ1v) is 26.9. The quantitative estimate of drug-likeness (QED) is 0.130. The number of rotatable bonds is 11. The fraction of sp³-hybridized carbons (Fsp3) is 0.0132. The van der Waals surface area contributed by atoms with Gasteiger partial charge in [0.1, 0.15) is 12.7 Å². The highest BCUT2D eigenvalue weighted by molar-refractivity contribution is 5.92. The first-order chi connectivity index (χ1) is 39.1. The van der Waals surface area contributed by atoms with Crippen molar-refractivity contribution in [2.24, 2.45) is 0 Å². The zero-order chi connectivity index (χ0) is 52.5. The normalized spacial score (nSPS) is 12.2. The third kappa shape index (κ3) is 8.84. The minimum atomic E-state index is -0.882. The molecule has 0 bridgehead atoms. The summed E-state index contributed by atoms with van der Waals surface area (Å²) in [7, 11) is 0. The van der Waals surface area contributed by atoms with Gasteiger partial charge < -0.3 is 0 Å². The fourth-order valence-corrected chi connectivity index (χ4v) is 12.0. The molecule has 3 nitrogen and oxygen atoms in total. The molecular weight excluding hydrogens is 955 g/mol. The minimum absolute atomic E-state index is 0.623. The number of aromatic nitrogens is 3. The highest BCUT2D eigenvalue weighted by atomic mass is 15.0. The maximum Gasteiger partial charge on any atom is 0.162 e.